The summed E-state index contributed by atoms with van der Waals surface area (Å²) in [5, 5.41) is 7.59. The molecule has 0 N–H and O–H groups in total. The lowest BCUT2D eigenvalue weighted by molar-refractivity contribution is 0.556. The Hall–Kier alpha value is -0.520. The first-order valence-corrected chi connectivity index (χ1v) is 9.35. The van der Waals surface area contributed by atoms with E-state index >= 15 is 0 Å². The molecule has 0 spiro atoms. The Morgan fingerprint density at radius 2 is 1.53 bits per heavy atom. The first kappa shape index (κ1) is 16.5. The lowest BCUT2D eigenvalue weighted by Crippen LogP contribution is -1.82. The minimum Gasteiger partial charge on any atom is -0.0951 e. The standard InChI is InChI=1S/C18H30S/c1-3-5-6-7-8-9-10-11-12-13-14-18-15-16-19(4-2)17-18/h15-17H,2-3,5-14H2,1H3. The Bertz CT molecular complexity index is 343. The first-order chi connectivity index (χ1) is 9.36. The summed E-state index contributed by atoms with van der Waals surface area (Å²) in [5.74, 6) is 0. The van der Waals surface area contributed by atoms with E-state index in [4.69, 9.17) is 0 Å². The summed E-state index contributed by atoms with van der Waals surface area (Å²) in [7, 11) is 0.117. The van der Waals surface area contributed by atoms with Crippen LogP contribution in [-0.4, -0.2) is 5.02 Å². The molecule has 1 rings (SSSR count). The van der Waals surface area contributed by atoms with Crippen molar-refractivity contribution in [3.05, 3.63) is 29.0 Å². The van der Waals surface area contributed by atoms with Crippen LogP contribution >= 0.6 is 10.5 Å². The third-order valence-electron chi connectivity index (χ3n) is 3.69. The van der Waals surface area contributed by atoms with E-state index in [-0.39, 0.29) is 10.5 Å². The molecule has 1 unspecified atom stereocenters. The highest BCUT2D eigenvalue weighted by Gasteiger charge is 2.00. The molecule has 19 heavy (non-hydrogen) atoms. The van der Waals surface area contributed by atoms with Crippen LogP contribution < -0.4 is 0 Å². The largest absolute Gasteiger partial charge is 0.0951 e. The normalized spacial score (nSPS) is 17.5. The average molecular weight is 279 g/mol. The summed E-state index contributed by atoms with van der Waals surface area (Å²) in [6, 6.07) is 0. The van der Waals surface area contributed by atoms with Crippen LogP contribution in [0.3, 0.4) is 0 Å². The van der Waals surface area contributed by atoms with Crippen molar-refractivity contribution >= 4 is 15.5 Å². The molecular weight excluding hydrogens is 248 g/mol. The molecule has 0 bridgehead atoms. The van der Waals surface area contributed by atoms with Gasteiger partial charge in [0, 0.05) is 0 Å². The van der Waals surface area contributed by atoms with Crippen LogP contribution in [0.15, 0.2) is 29.0 Å². The van der Waals surface area contributed by atoms with Gasteiger partial charge in [-0.2, -0.15) is 0 Å². The fraction of sp³-hybridized carbons (Fsp3) is 0.667. The van der Waals surface area contributed by atoms with Gasteiger partial charge in [-0.05, 0) is 35.8 Å². The van der Waals surface area contributed by atoms with Crippen LogP contribution in [-0.2, 0) is 0 Å². The molecule has 0 aliphatic carbocycles. The van der Waals surface area contributed by atoms with Crippen molar-refractivity contribution in [2.45, 2.75) is 77.6 Å². The highest BCUT2D eigenvalue weighted by atomic mass is 32.2. The van der Waals surface area contributed by atoms with E-state index in [0.29, 0.717) is 0 Å². The summed E-state index contributed by atoms with van der Waals surface area (Å²) in [6.07, 6.45) is 17.7. The van der Waals surface area contributed by atoms with Crippen LogP contribution in [0.5, 0.6) is 0 Å². The van der Waals surface area contributed by atoms with E-state index in [1.54, 1.807) is 0 Å². The molecule has 0 aromatic heterocycles. The van der Waals surface area contributed by atoms with Crippen LogP contribution in [0.2, 0.25) is 0 Å². The van der Waals surface area contributed by atoms with Crippen LogP contribution in [0.4, 0.5) is 0 Å². The minimum atomic E-state index is 0.117. The average Bonchev–Trinajstić information content (AvgIpc) is 2.89. The molecule has 1 heterocycles. The van der Waals surface area contributed by atoms with Gasteiger partial charge >= 0.3 is 0 Å². The molecule has 1 heteroatoms. The van der Waals surface area contributed by atoms with Gasteiger partial charge in [-0.25, -0.2) is 0 Å². The number of hydrogen-bond acceptors (Lipinski definition) is 0. The van der Waals surface area contributed by atoms with Gasteiger partial charge in [-0.3, -0.25) is 0 Å². The summed E-state index contributed by atoms with van der Waals surface area (Å²) in [6.45, 7) is 6.01. The van der Waals surface area contributed by atoms with Crippen LogP contribution in [0, 0.1) is 0 Å². The summed E-state index contributed by atoms with van der Waals surface area (Å²) in [5.41, 5.74) is 1.50. The second-order valence-electron chi connectivity index (χ2n) is 5.44. The van der Waals surface area contributed by atoms with Gasteiger partial charge in [0.05, 0.1) is 0 Å². The van der Waals surface area contributed by atoms with Crippen molar-refractivity contribution in [1.82, 2.24) is 0 Å². The van der Waals surface area contributed by atoms with E-state index in [0.717, 1.165) is 0 Å². The molecule has 0 nitrogen and oxygen atoms in total. The quantitative estimate of drug-likeness (QED) is 0.296. The maximum Gasteiger partial charge on any atom is -0.0201 e. The van der Waals surface area contributed by atoms with E-state index in [2.05, 4.69) is 35.4 Å². The Morgan fingerprint density at radius 1 is 0.947 bits per heavy atom. The van der Waals surface area contributed by atoms with Crippen LogP contribution in [0.1, 0.15) is 77.6 Å². The van der Waals surface area contributed by atoms with E-state index in [1.165, 1.54) is 76.2 Å². The molecule has 0 radical (unpaired) electrons. The van der Waals surface area contributed by atoms with E-state index in [9.17, 15) is 0 Å². The molecule has 0 fully saturated rings. The predicted octanol–water partition coefficient (Wildman–Crippen LogP) is 6.56. The Labute approximate surface area is 122 Å². The molecule has 108 valence electrons. The lowest BCUT2D eigenvalue weighted by atomic mass is 10.0. The summed E-state index contributed by atoms with van der Waals surface area (Å²) in [4.78, 5) is 0. The molecule has 0 saturated heterocycles. The highest BCUT2D eigenvalue weighted by molar-refractivity contribution is 8.19. The Balaban J connectivity index is 1.87. The van der Waals surface area contributed by atoms with E-state index in [1.807, 2.05) is 0 Å². The third-order valence-corrected chi connectivity index (χ3v) is 5.01. The van der Waals surface area contributed by atoms with Gasteiger partial charge < -0.3 is 0 Å². The van der Waals surface area contributed by atoms with Gasteiger partial charge in [-0.15, -0.1) is 0 Å². The predicted molar refractivity (Wildman–Crippen MR) is 91.9 cm³/mol. The fourth-order valence-corrected chi connectivity index (χ4v) is 3.55. The van der Waals surface area contributed by atoms with Gasteiger partial charge in [0.25, 0.3) is 0 Å². The number of hydrogen-bond donors (Lipinski definition) is 0. The zero-order chi connectivity index (χ0) is 13.8. The highest BCUT2D eigenvalue weighted by Crippen LogP contribution is 2.28. The van der Waals surface area contributed by atoms with Gasteiger partial charge in [0.1, 0.15) is 0 Å². The topological polar surface area (TPSA) is 0 Å². The zero-order valence-electron chi connectivity index (χ0n) is 12.6. The molecule has 1 aliphatic heterocycles. The number of rotatable bonds is 11. The monoisotopic (exact) mass is 278 g/mol. The molecule has 0 aromatic carbocycles. The molecule has 1 atom stereocenters. The van der Waals surface area contributed by atoms with Gasteiger partial charge in [0.15, 0.2) is 0 Å². The van der Waals surface area contributed by atoms with Crippen molar-refractivity contribution in [1.29, 1.82) is 0 Å². The Kier molecular flexibility index (Phi) is 9.85. The SMILES string of the molecule is C=C=S1C=CC(CCCCCCCCCCCC)=C1. The first-order valence-electron chi connectivity index (χ1n) is 8.00. The number of allylic oxidation sites excluding steroid dienone is 2. The molecule has 0 saturated carbocycles. The molecule has 0 aromatic rings. The fourth-order valence-electron chi connectivity index (χ4n) is 2.45. The van der Waals surface area contributed by atoms with Crippen molar-refractivity contribution in [3.63, 3.8) is 0 Å². The Morgan fingerprint density at radius 3 is 2.05 bits per heavy atom. The van der Waals surface area contributed by atoms with Crippen molar-refractivity contribution in [2.24, 2.45) is 0 Å². The van der Waals surface area contributed by atoms with Gasteiger partial charge in [0.2, 0.25) is 0 Å². The number of unbranched alkanes of at least 4 members (excludes halogenated alkanes) is 9. The third kappa shape index (κ3) is 8.29. The van der Waals surface area contributed by atoms with Crippen molar-refractivity contribution in [3.8, 4) is 0 Å². The maximum absolute atomic E-state index is 3.73. The van der Waals surface area contributed by atoms with Crippen LogP contribution in [0.25, 0.3) is 0 Å². The van der Waals surface area contributed by atoms with Crippen molar-refractivity contribution in [2.75, 3.05) is 0 Å². The van der Waals surface area contributed by atoms with E-state index < -0.39 is 0 Å². The van der Waals surface area contributed by atoms with Gasteiger partial charge in [-0.1, -0.05) is 86.3 Å². The molecular formula is C18H30S. The minimum absolute atomic E-state index is 0.117. The second-order valence-corrected chi connectivity index (χ2v) is 6.98. The summed E-state index contributed by atoms with van der Waals surface area (Å²) < 4.78 is 0. The smallest absolute Gasteiger partial charge is 0.0201 e. The second kappa shape index (κ2) is 11.3. The maximum atomic E-state index is 3.73. The lowest BCUT2D eigenvalue weighted by Gasteiger charge is -2.02. The zero-order valence-corrected chi connectivity index (χ0v) is 13.4. The summed E-state index contributed by atoms with van der Waals surface area (Å²) >= 11 is 0. The molecule has 0 amide bonds. The molecule has 1 aliphatic rings. The van der Waals surface area contributed by atoms with Crippen molar-refractivity contribution < 1.29 is 0 Å².